The first kappa shape index (κ1) is 20.5. The van der Waals surface area contributed by atoms with E-state index in [1.807, 2.05) is 26.0 Å². The van der Waals surface area contributed by atoms with Crippen molar-refractivity contribution < 1.29 is 13.2 Å². The maximum Gasteiger partial charge on any atom is 0.208 e. The van der Waals surface area contributed by atoms with Crippen LogP contribution in [0.1, 0.15) is 13.8 Å². The van der Waals surface area contributed by atoms with E-state index in [2.05, 4.69) is 20.3 Å². The fraction of sp³-hybridized carbons (Fsp3) is 0.533. The topological polar surface area (TPSA) is 91.8 Å². The summed E-state index contributed by atoms with van der Waals surface area (Å²) in [6.45, 7) is 5.77. The highest BCUT2D eigenvalue weighted by Crippen LogP contribution is 2.16. The average molecular weight is 377 g/mol. The van der Waals surface area contributed by atoms with Gasteiger partial charge in [0.1, 0.15) is 11.9 Å². The van der Waals surface area contributed by atoms with Crippen molar-refractivity contribution in [2.45, 2.75) is 20.0 Å². The summed E-state index contributed by atoms with van der Waals surface area (Å²) in [5.74, 6) is 1.34. The summed E-state index contributed by atoms with van der Waals surface area (Å²) >= 11 is 5.84. The molecule has 1 atom stereocenters. The van der Waals surface area contributed by atoms with Crippen LogP contribution in [0, 0.1) is 0 Å². The Bertz CT molecular complexity index is 620. The molecule has 1 aromatic carbocycles. The fourth-order valence-corrected chi connectivity index (χ4v) is 2.36. The normalized spacial score (nSPS) is 13.4. The predicted molar refractivity (Wildman–Crippen MR) is 98.4 cm³/mol. The first-order chi connectivity index (χ1) is 11.3. The Morgan fingerprint density at radius 1 is 1.25 bits per heavy atom. The van der Waals surface area contributed by atoms with Gasteiger partial charge in [0.2, 0.25) is 10.0 Å². The largest absolute Gasteiger partial charge is 0.489 e. The maximum atomic E-state index is 11.0. The Balaban J connectivity index is 2.44. The number of guanidine groups is 1. The van der Waals surface area contributed by atoms with Crippen LogP contribution < -0.4 is 20.1 Å². The van der Waals surface area contributed by atoms with Crippen molar-refractivity contribution in [1.82, 2.24) is 15.4 Å². The smallest absolute Gasteiger partial charge is 0.208 e. The standard InChI is InChI=1S/C15H25ClN4O3S/c1-4-17-15(18-9-10-20-24(3,21)22)19-11-12(2)23-14-7-5-13(16)6-8-14/h5-8,12,20H,4,9-11H2,1-3H3,(H2,17,18,19). The molecule has 1 rings (SSSR count). The molecule has 1 unspecified atom stereocenters. The Morgan fingerprint density at radius 3 is 2.50 bits per heavy atom. The molecule has 136 valence electrons. The lowest BCUT2D eigenvalue weighted by Gasteiger charge is -2.15. The van der Waals surface area contributed by atoms with Gasteiger partial charge in [-0.2, -0.15) is 0 Å². The molecule has 0 radical (unpaired) electrons. The molecular weight excluding hydrogens is 352 g/mol. The van der Waals surface area contributed by atoms with Gasteiger partial charge in [0.05, 0.1) is 12.8 Å². The molecule has 0 heterocycles. The molecule has 0 fully saturated rings. The lowest BCUT2D eigenvalue weighted by Crippen LogP contribution is -2.41. The van der Waals surface area contributed by atoms with Crippen LogP contribution in [0.2, 0.25) is 5.02 Å². The number of hydrogen-bond acceptors (Lipinski definition) is 4. The summed E-state index contributed by atoms with van der Waals surface area (Å²) in [7, 11) is -3.18. The van der Waals surface area contributed by atoms with Gasteiger partial charge in [-0.25, -0.2) is 18.1 Å². The monoisotopic (exact) mass is 376 g/mol. The number of ether oxygens (including phenoxy) is 1. The van der Waals surface area contributed by atoms with E-state index in [-0.39, 0.29) is 6.10 Å². The van der Waals surface area contributed by atoms with Gasteiger partial charge in [-0.05, 0) is 38.1 Å². The van der Waals surface area contributed by atoms with Gasteiger partial charge >= 0.3 is 0 Å². The van der Waals surface area contributed by atoms with Crippen molar-refractivity contribution in [3.63, 3.8) is 0 Å². The predicted octanol–water partition coefficient (Wildman–Crippen LogP) is 1.21. The molecule has 0 aliphatic heterocycles. The molecule has 3 N–H and O–H groups in total. The van der Waals surface area contributed by atoms with Crippen molar-refractivity contribution in [3.8, 4) is 5.75 Å². The van der Waals surface area contributed by atoms with Crippen molar-refractivity contribution in [1.29, 1.82) is 0 Å². The third-order valence-corrected chi connectivity index (χ3v) is 3.76. The highest BCUT2D eigenvalue weighted by molar-refractivity contribution is 7.88. The molecule has 0 amide bonds. The molecule has 9 heteroatoms. The summed E-state index contributed by atoms with van der Waals surface area (Å²) < 4.78 is 30.2. The van der Waals surface area contributed by atoms with E-state index in [1.54, 1.807) is 12.1 Å². The number of benzene rings is 1. The molecule has 24 heavy (non-hydrogen) atoms. The zero-order chi connectivity index (χ0) is 18.0. The highest BCUT2D eigenvalue weighted by atomic mass is 35.5. The molecule has 0 bridgehead atoms. The Hall–Kier alpha value is -1.51. The van der Waals surface area contributed by atoms with Crippen LogP contribution in [-0.4, -0.2) is 52.9 Å². The van der Waals surface area contributed by atoms with Crippen LogP contribution in [-0.2, 0) is 10.0 Å². The van der Waals surface area contributed by atoms with Crippen LogP contribution in [0.5, 0.6) is 5.75 Å². The molecule has 0 aromatic heterocycles. The molecule has 0 saturated carbocycles. The van der Waals surface area contributed by atoms with Crippen LogP contribution in [0.3, 0.4) is 0 Å². The first-order valence-electron chi connectivity index (χ1n) is 7.69. The van der Waals surface area contributed by atoms with Gasteiger partial charge in [0.15, 0.2) is 5.96 Å². The number of nitrogens with one attached hydrogen (secondary N) is 3. The fourth-order valence-electron chi connectivity index (χ4n) is 1.76. The molecule has 7 nitrogen and oxygen atoms in total. The van der Waals surface area contributed by atoms with E-state index < -0.39 is 10.0 Å². The zero-order valence-corrected chi connectivity index (χ0v) is 15.7. The molecule has 0 aliphatic carbocycles. The van der Waals surface area contributed by atoms with Gasteiger partial charge in [-0.1, -0.05) is 11.6 Å². The van der Waals surface area contributed by atoms with E-state index in [0.717, 1.165) is 12.0 Å². The second-order valence-corrected chi connectivity index (χ2v) is 7.46. The SMILES string of the molecule is CCNC(=NCC(C)Oc1ccc(Cl)cc1)NCCNS(C)(=O)=O. The Labute approximate surface area is 148 Å². The number of rotatable bonds is 9. The van der Waals surface area contributed by atoms with Crippen LogP contribution in [0.4, 0.5) is 0 Å². The minimum Gasteiger partial charge on any atom is -0.489 e. The first-order valence-corrected chi connectivity index (χ1v) is 9.96. The lowest BCUT2D eigenvalue weighted by molar-refractivity contribution is 0.230. The second-order valence-electron chi connectivity index (χ2n) is 5.20. The molecule has 1 aromatic rings. The molecule has 0 aliphatic rings. The third kappa shape index (κ3) is 9.59. The quantitative estimate of drug-likeness (QED) is 0.342. The average Bonchev–Trinajstić information content (AvgIpc) is 2.50. The highest BCUT2D eigenvalue weighted by Gasteiger charge is 2.05. The van der Waals surface area contributed by atoms with Gasteiger partial charge in [0.25, 0.3) is 0 Å². The molecular formula is C15H25ClN4O3S. The summed E-state index contributed by atoms with van der Waals surface area (Å²) in [4.78, 5) is 4.43. The van der Waals surface area contributed by atoms with Crippen molar-refractivity contribution in [3.05, 3.63) is 29.3 Å². The Morgan fingerprint density at radius 2 is 1.92 bits per heavy atom. The maximum absolute atomic E-state index is 11.0. The van der Waals surface area contributed by atoms with Gasteiger partial charge < -0.3 is 15.4 Å². The molecule has 0 saturated heterocycles. The van der Waals surface area contributed by atoms with Crippen molar-refractivity contribution in [2.75, 3.05) is 32.4 Å². The number of hydrogen-bond donors (Lipinski definition) is 3. The zero-order valence-electron chi connectivity index (χ0n) is 14.2. The van der Waals surface area contributed by atoms with Crippen LogP contribution >= 0.6 is 11.6 Å². The second kappa shape index (κ2) is 10.4. The summed E-state index contributed by atoms with van der Waals surface area (Å²) in [5, 5.41) is 6.82. The van der Waals surface area contributed by atoms with E-state index >= 15 is 0 Å². The van der Waals surface area contributed by atoms with Gasteiger partial charge in [-0.15, -0.1) is 0 Å². The Kier molecular flexibility index (Phi) is 8.88. The summed E-state index contributed by atoms with van der Waals surface area (Å²) in [6.07, 6.45) is 1.01. The third-order valence-electron chi connectivity index (χ3n) is 2.78. The summed E-state index contributed by atoms with van der Waals surface area (Å²) in [6, 6.07) is 7.16. The number of aliphatic imine (C=N–C) groups is 1. The van der Waals surface area contributed by atoms with E-state index in [0.29, 0.717) is 37.2 Å². The number of sulfonamides is 1. The lowest BCUT2D eigenvalue weighted by atomic mass is 10.3. The number of nitrogens with zero attached hydrogens (tertiary/aromatic N) is 1. The van der Waals surface area contributed by atoms with Crippen molar-refractivity contribution in [2.24, 2.45) is 4.99 Å². The van der Waals surface area contributed by atoms with Crippen molar-refractivity contribution >= 4 is 27.6 Å². The minimum atomic E-state index is -3.18. The van der Waals surface area contributed by atoms with Gasteiger partial charge in [-0.3, -0.25) is 0 Å². The van der Waals surface area contributed by atoms with Crippen LogP contribution in [0.15, 0.2) is 29.3 Å². The molecule has 0 spiro atoms. The van der Waals surface area contributed by atoms with E-state index in [9.17, 15) is 8.42 Å². The minimum absolute atomic E-state index is 0.115. The van der Waals surface area contributed by atoms with Crippen LogP contribution in [0.25, 0.3) is 0 Å². The van der Waals surface area contributed by atoms with E-state index in [4.69, 9.17) is 16.3 Å². The number of halogens is 1. The van der Waals surface area contributed by atoms with Gasteiger partial charge in [0, 0.05) is 24.7 Å². The summed E-state index contributed by atoms with van der Waals surface area (Å²) in [5.41, 5.74) is 0. The van der Waals surface area contributed by atoms with E-state index in [1.165, 1.54) is 0 Å².